The molecule has 0 atom stereocenters. The summed E-state index contributed by atoms with van der Waals surface area (Å²) in [5.74, 6) is -0.400. The van der Waals surface area contributed by atoms with E-state index in [1.165, 1.54) is 18.2 Å². The molecule has 1 rings (SSSR count). The number of nitrogens with one attached hydrogen (secondary N) is 1. The van der Waals surface area contributed by atoms with Gasteiger partial charge in [-0.3, -0.25) is 0 Å². The molecule has 0 heterocycles. The van der Waals surface area contributed by atoms with Crippen molar-refractivity contribution in [2.24, 2.45) is 0 Å². The normalized spacial score (nSPS) is 8.41. The highest BCUT2D eigenvalue weighted by Gasteiger charge is 2.08. The van der Waals surface area contributed by atoms with Crippen LogP contribution in [0.3, 0.4) is 0 Å². The van der Waals surface area contributed by atoms with Gasteiger partial charge in [0.25, 0.3) is 0 Å². The Kier molecular flexibility index (Phi) is 4.45. The number of anilines is 1. The van der Waals surface area contributed by atoms with Crippen molar-refractivity contribution in [3.63, 3.8) is 0 Å². The first-order valence-corrected chi connectivity index (χ1v) is 5.37. The van der Waals surface area contributed by atoms with Gasteiger partial charge in [0.1, 0.15) is 29.7 Å². The maximum absolute atomic E-state index is 12.8. The van der Waals surface area contributed by atoms with Crippen LogP contribution >= 0.6 is 22.6 Å². The van der Waals surface area contributed by atoms with Crippen LogP contribution in [0.15, 0.2) is 29.5 Å². The van der Waals surface area contributed by atoms with Crippen LogP contribution in [0.5, 0.6) is 0 Å². The van der Waals surface area contributed by atoms with Gasteiger partial charge in [-0.25, -0.2) is 4.39 Å². The zero-order valence-electron chi connectivity index (χ0n) is 8.33. The van der Waals surface area contributed by atoms with E-state index in [0.717, 1.165) is 0 Å². The van der Waals surface area contributed by atoms with Crippen molar-refractivity contribution >= 4 is 28.3 Å². The van der Waals surface area contributed by atoms with Gasteiger partial charge in [-0.15, -0.1) is 0 Å². The van der Waals surface area contributed by atoms with Gasteiger partial charge in [-0.05, 0) is 40.8 Å². The molecule has 17 heavy (non-hydrogen) atoms. The number of allylic oxidation sites excluding steroid dienone is 2. The summed E-state index contributed by atoms with van der Waals surface area (Å²) in [7, 11) is 0. The quantitative estimate of drug-likeness (QED) is 0.664. The van der Waals surface area contributed by atoms with Crippen LogP contribution in [-0.4, -0.2) is 0 Å². The highest BCUT2D eigenvalue weighted by Crippen LogP contribution is 2.21. The van der Waals surface area contributed by atoms with Crippen molar-refractivity contribution in [1.29, 1.82) is 15.8 Å². The molecular formula is C11H4FIN4. The Hall–Kier alpha value is -2.11. The molecule has 0 aliphatic heterocycles. The molecular weight excluding hydrogens is 334 g/mol. The minimum atomic E-state index is -0.400. The average Bonchev–Trinajstić information content (AvgIpc) is 2.32. The van der Waals surface area contributed by atoms with Gasteiger partial charge in [-0.2, -0.15) is 15.8 Å². The van der Waals surface area contributed by atoms with E-state index in [9.17, 15) is 4.39 Å². The second-order valence-electron chi connectivity index (χ2n) is 2.83. The van der Waals surface area contributed by atoms with Gasteiger partial charge >= 0.3 is 0 Å². The third kappa shape index (κ3) is 3.17. The first-order valence-electron chi connectivity index (χ1n) is 4.29. The van der Waals surface area contributed by atoms with Crippen LogP contribution in [0.4, 0.5) is 10.1 Å². The number of nitriles is 3. The summed E-state index contributed by atoms with van der Waals surface area (Å²) in [4.78, 5) is 0. The molecule has 0 spiro atoms. The standard InChI is InChI=1S/C11H4FIN4/c12-8-1-2-10(9(13)3-8)17-11(6-16)7(4-14)5-15/h1-3,17H. The lowest BCUT2D eigenvalue weighted by Crippen LogP contribution is -2.02. The lowest BCUT2D eigenvalue weighted by molar-refractivity contribution is 0.627. The topological polar surface area (TPSA) is 83.4 Å². The minimum Gasteiger partial charge on any atom is -0.344 e. The fraction of sp³-hybridized carbons (Fsp3) is 0. The number of rotatable bonds is 2. The third-order valence-electron chi connectivity index (χ3n) is 1.78. The van der Waals surface area contributed by atoms with Crippen LogP contribution in [0.1, 0.15) is 0 Å². The van der Waals surface area contributed by atoms with E-state index < -0.39 is 5.82 Å². The Morgan fingerprint density at radius 1 is 1.18 bits per heavy atom. The van der Waals surface area contributed by atoms with Crippen molar-refractivity contribution in [3.05, 3.63) is 38.9 Å². The summed E-state index contributed by atoms with van der Waals surface area (Å²) >= 11 is 1.88. The van der Waals surface area contributed by atoms with E-state index in [1.807, 2.05) is 22.6 Å². The van der Waals surface area contributed by atoms with Gasteiger partial charge in [-0.1, -0.05) is 0 Å². The van der Waals surface area contributed by atoms with Crippen molar-refractivity contribution in [2.45, 2.75) is 0 Å². The first kappa shape index (κ1) is 13.0. The van der Waals surface area contributed by atoms with E-state index in [-0.39, 0.29) is 11.3 Å². The summed E-state index contributed by atoms with van der Waals surface area (Å²) in [6.07, 6.45) is 0. The number of hydrogen-bond donors (Lipinski definition) is 1. The smallest absolute Gasteiger partial charge is 0.163 e. The summed E-state index contributed by atoms with van der Waals surface area (Å²) in [5.41, 5.74) is -0.00120. The molecule has 1 aromatic carbocycles. The van der Waals surface area contributed by atoms with E-state index >= 15 is 0 Å². The highest BCUT2D eigenvalue weighted by atomic mass is 127. The molecule has 82 valence electrons. The first-order chi connectivity index (χ1) is 8.12. The van der Waals surface area contributed by atoms with E-state index in [0.29, 0.717) is 9.26 Å². The second-order valence-corrected chi connectivity index (χ2v) is 4.00. The molecule has 0 fully saturated rings. The van der Waals surface area contributed by atoms with Crippen molar-refractivity contribution < 1.29 is 4.39 Å². The van der Waals surface area contributed by atoms with E-state index in [2.05, 4.69) is 5.32 Å². The Morgan fingerprint density at radius 3 is 2.29 bits per heavy atom. The Labute approximate surface area is 111 Å². The molecule has 0 amide bonds. The van der Waals surface area contributed by atoms with Gasteiger partial charge in [0.2, 0.25) is 0 Å². The number of nitrogens with zero attached hydrogens (tertiary/aromatic N) is 3. The fourth-order valence-electron chi connectivity index (χ4n) is 1.01. The molecule has 6 heteroatoms. The highest BCUT2D eigenvalue weighted by molar-refractivity contribution is 14.1. The molecule has 1 aromatic rings. The largest absolute Gasteiger partial charge is 0.344 e. The zero-order valence-corrected chi connectivity index (χ0v) is 10.5. The number of hydrogen-bond acceptors (Lipinski definition) is 4. The maximum Gasteiger partial charge on any atom is 0.163 e. The van der Waals surface area contributed by atoms with Gasteiger partial charge in [0.15, 0.2) is 5.57 Å². The molecule has 0 aliphatic carbocycles. The number of benzene rings is 1. The molecule has 0 aliphatic rings. The zero-order chi connectivity index (χ0) is 12.8. The molecule has 4 nitrogen and oxygen atoms in total. The summed E-state index contributed by atoms with van der Waals surface area (Å²) < 4.78 is 13.4. The van der Waals surface area contributed by atoms with Gasteiger partial charge in [0, 0.05) is 3.57 Å². The maximum atomic E-state index is 12.8. The Morgan fingerprint density at radius 2 is 1.82 bits per heavy atom. The predicted octanol–water partition coefficient (Wildman–Crippen LogP) is 2.67. The summed E-state index contributed by atoms with van der Waals surface area (Å²) in [6.45, 7) is 0. The molecule has 0 saturated carbocycles. The fourth-order valence-corrected chi connectivity index (χ4v) is 1.62. The lowest BCUT2D eigenvalue weighted by Gasteiger charge is -2.06. The number of halogens is 2. The van der Waals surface area contributed by atoms with Gasteiger partial charge < -0.3 is 5.32 Å². The monoisotopic (exact) mass is 338 g/mol. The third-order valence-corrected chi connectivity index (χ3v) is 2.67. The molecule has 0 aromatic heterocycles. The Balaban J connectivity index is 3.16. The summed E-state index contributed by atoms with van der Waals surface area (Å²) in [5, 5.41) is 28.7. The van der Waals surface area contributed by atoms with Crippen LogP contribution in [-0.2, 0) is 0 Å². The average molecular weight is 338 g/mol. The second kappa shape index (κ2) is 5.83. The van der Waals surface area contributed by atoms with E-state index in [4.69, 9.17) is 15.8 Å². The minimum absolute atomic E-state index is 0.153. The Bertz CT molecular complexity index is 585. The molecule has 0 bridgehead atoms. The van der Waals surface area contributed by atoms with Crippen molar-refractivity contribution in [2.75, 3.05) is 5.32 Å². The molecule has 1 N–H and O–H groups in total. The lowest BCUT2D eigenvalue weighted by atomic mass is 10.2. The molecule has 0 saturated heterocycles. The van der Waals surface area contributed by atoms with Crippen LogP contribution in [0.2, 0.25) is 0 Å². The van der Waals surface area contributed by atoms with Gasteiger partial charge in [0.05, 0.1) is 5.69 Å². The SMILES string of the molecule is N#CC(C#N)=C(C#N)Nc1ccc(F)cc1I. The molecule has 0 unspecified atom stereocenters. The summed E-state index contributed by atoms with van der Waals surface area (Å²) in [6, 6.07) is 8.87. The van der Waals surface area contributed by atoms with Crippen LogP contribution in [0.25, 0.3) is 0 Å². The van der Waals surface area contributed by atoms with Crippen molar-refractivity contribution in [1.82, 2.24) is 0 Å². The molecule has 0 radical (unpaired) electrons. The predicted molar refractivity (Wildman–Crippen MR) is 66.6 cm³/mol. The van der Waals surface area contributed by atoms with E-state index in [1.54, 1.807) is 18.2 Å². The van der Waals surface area contributed by atoms with Crippen LogP contribution in [0, 0.1) is 43.4 Å². The van der Waals surface area contributed by atoms with Crippen molar-refractivity contribution in [3.8, 4) is 18.2 Å². The van der Waals surface area contributed by atoms with Crippen LogP contribution < -0.4 is 5.32 Å².